The lowest BCUT2D eigenvalue weighted by Crippen LogP contribution is -2.37. The summed E-state index contributed by atoms with van der Waals surface area (Å²) in [5, 5.41) is 9.84. The molecular weight excluding hydrogens is 226 g/mol. The molecule has 82 valence electrons. The first kappa shape index (κ1) is 12.1. The Labute approximate surface area is 99.6 Å². The van der Waals surface area contributed by atoms with Crippen LogP contribution >= 0.6 is 23.6 Å². The van der Waals surface area contributed by atoms with Gasteiger partial charge in [-0.2, -0.15) is 5.10 Å². The quantitative estimate of drug-likeness (QED) is 0.484. The van der Waals surface area contributed by atoms with Crippen LogP contribution in [-0.2, 0) is 0 Å². The Hall–Kier alpha value is -0.940. The van der Waals surface area contributed by atoms with Gasteiger partial charge in [-0.25, -0.2) is 0 Å². The molecule has 15 heavy (non-hydrogen) atoms. The lowest BCUT2D eigenvalue weighted by atomic mass is 10.3. The number of nitrogens with zero attached hydrogens (tertiary/aromatic N) is 1. The first-order valence-corrected chi connectivity index (χ1v) is 6.03. The van der Waals surface area contributed by atoms with Crippen LogP contribution < -0.4 is 10.7 Å². The fraction of sp³-hybridized carbons (Fsp3) is 0.400. The average Bonchev–Trinajstić information content (AvgIpc) is 2.65. The Morgan fingerprint density at radius 2 is 2.27 bits per heavy atom. The van der Waals surface area contributed by atoms with Crippen molar-refractivity contribution in [3.63, 3.8) is 0 Å². The van der Waals surface area contributed by atoms with Gasteiger partial charge in [-0.3, -0.25) is 5.43 Å². The van der Waals surface area contributed by atoms with Crippen molar-refractivity contribution < 1.29 is 0 Å². The number of hydrogen-bond acceptors (Lipinski definition) is 3. The van der Waals surface area contributed by atoms with E-state index in [-0.39, 0.29) is 0 Å². The van der Waals surface area contributed by atoms with E-state index in [4.69, 9.17) is 12.2 Å². The van der Waals surface area contributed by atoms with Crippen LogP contribution in [0.15, 0.2) is 22.6 Å². The second-order valence-corrected chi connectivity index (χ2v) is 4.77. The summed E-state index contributed by atoms with van der Waals surface area (Å²) in [5.74, 6) is 0. The molecule has 0 aromatic carbocycles. The third-order valence-corrected chi connectivity index (χ3v) is 2.81. The lowest BCUT2D eigenvalue weighted by Gasteiger charge is -2.10. The monoisotopic (exact) mass is 241 g/mol. The van der Waals surface area contributed by atoms with Crippen molar-refractivity contribution in [2.75, 3.05) is 0 Å². The minimum Gasteiger partial charge on any atom is -0.359 e. The van der Waals surface area contributed by atoms with Gasteiger partial charge in [0.1, 0.15) is 0 Å². The highest BCUT2D eigenvalue weighted by Crippen LogP contribution is 2.08. The molecule has 0 atom stereocenters. The molecule has 0 saturated carbocycles. The molecule has 0 bridgehead atoms. The maximum Gasteiger partial charge on any atom is 0.187 e. The van der Waals surface area contributed by atoms with Crippen LogP contribution in [0, 0.1) is 0 Å². The van der Waals surface area contributed by atoms with Gasteiger partial charge in [-0.15, -0.1) is 11.3 Å². The molecule has 0 unspecified atom stereocenters. The summed E-state index contributed by atoms with van der Waals surface area (Å²) in [7, 11) is 0. The Morgan fingerprint density at radius 3 is 2.80 bits per heavy atom. The number of thiocarbonyl (C=S) groups is 1. The molecule has 0 aliphatic rings. The molecule has 1 heterocycles. The average molecular weight is 241 g/mol. The molecular formula is C10H15N3S2. The number of thiophene rings is 1. The van der Waals surface area contributed by atoms with Gasteiger partial charge in [0.25, 0.3) is 0 Å². The maximum atomic E-state index is 5.05. The zero-order chi connectivity index (χ0) is 11.3. The summed E-state index contributed by atoms with van der Waals surface area (Å²) in [5.41, 5.74) is 3.76. The third kappa shape index (κ3) is 4.40. The SMILES string of the molecule is C/C(=N\NC(=S)NC(C)C)c1cccs1. The highest BCUT2D eigenvalue weighted by molar-refractivity contribution is 7.80. The number of nitrogens with one attached hydrogen (secondary N) is 2. The molecule has 3 nitrogen and oxygen atoms in total. The molecule has 0 amide bonds. The fourth-order valence-electron chi connectivity index (χ4n) is 0.969. The van der Waals surface area contributed by atoms with E-state index in [0.717, 1.165) is 10.6 Å². The third-order valence-electron chi connectivity index (χ3n) is 1.62. The summed E-state index contributed by atoms with van der Waals surface area (Å²) >= 11 is 6.71. The highest BCUT2D eigenvalue weighted by atomic mass is 32.1. The van der Waals surface area contributed by atoms with Gasteiger partial charge in [-0.1, -0.05) is 6.07 Å². The summed E-state index contributed by atoms with van der Waals surface area (Å²) < 4.78 is 0. The Kier molecular flexibility index (Phi) is 4.71. The zero-order valence-electron chi connectivity index (χ0n) is 9.07. The molecule has 1 rings (SSSR count). The first-order valence-electron chi connectivity index (χ1n) is 4.74. The number of rotatable bonds is 3. The van der Waals surface area contributed by atoms with E-state index in [2.05, 4.69) is 15.8 Å². The van der Waals surface area contributed by atoms with Gasteiger partial charge in [0, 0.05) is 10.9 Å². The molecule has 1 aromatic rings. The van der Waals surface area contributed by atoms with E-state index in [9.17, 15) is 0 Å². The van der Waals surface area contributed by atoms with Crippen molar-refractivity contribution in [2.45, 2.75) is 26.8 Å². The standard InChI is InChI=1S/C10H15N3S2/c1-7(2)11-10(14)13-12-8(3)9-5-4-6-15-9/h4-7H,1-3H3,(H2,11,13,14)/b12-8+. The summed E-state index contributed by atoms with van der Waals surface area (Å²) in [6, 6.07) is 4.36. The predicted molar refractivity (Wildman–Crippen MR) is 70.5 cm³/mol. The number of hydrogen-bond donors (Lipinski definition) is 2. The van der Waals surface area contributed by atoms with Gasteiger partial charge in [0.15, 0.2) is 5.11 Å². The van der Waals surface area contributed by atoms with E-state index in [0.29, 0.717) is 11.2 Å². The molecule has 0 saturated heterocycles. The van der Waals surface area contributed by atoms with Crippen LogP contribution in [0.1, 0.15) is 25.6 Å². The van der Waals surface area contributed by atoms with Crippen molar-refractivity contribution in [3.05, 3.63) is 22.4 Å². The van der Waals surface area contributed by atoms with Crippen LogP contribution in [0.5, 0.6) is 0 Å². The minimum atomic E-state index is 0.322. The van der Waals surface area contributed by atoms with Crippen molar-refractivity contribution in [1.82, 2.24) is 10.7 Å². The molecule has 0 radical (unpaired) electrons. The van der Waals surface area contributed by atoms with E-state index in [1.165, 1.54) is 0 Å². The normalized spacial score (nSPS) is 11.6. The van der Waals surface area contributed by atoms with Gasteiger partial charge < -0.3 is 5.32 Å². The molecule has 0 aliphatic heterocycles. The smallest absolute Gasteiger partial charge is 0.187 e. The largest absolute Gasteiger partial charge is 0.359 e. The molecule has 5 heteroatoms. The lowest BCUT2D eigenvalue weighted by molar-refractivity contribution is 0.719. The maximum absolute atomic E-state index is 5.05. The molecule has 0 fully saturated rings. The molecule has 0 spiro atoms. The molecule has 1 aromatic heterocycles. The second-order valence-electron chi connectivity index (χ2n) is 3.41. The van der Waals surface area contributed by atoms with Crippen LogP contribution in [0.4, 0.5) is 0 Å². The summed E-state index contributed by atoms with van der Waals surface area (Å²) in [4.78, 5) is 1.15. The van der Waals surface area contributed by atoms with Crippen molar-refractivity contribution in [2.24, 2.45) is 5.10 Å². The topological polar surface area (TPSA) is 36.4 Å². The van der Waals surface area contributed by atoms with Crippen LogP contribution in [0.3, 0.4) is 0 Å². The minimum absolute atomic E-state index is 0.322. The molecule has 2 N–H and O–H groups in total. The van der Waals surface area contributed by atoms with Crippen molar-refractivity contribution in [1.29, 1.82) is 0 Å². The van der Waals surface area contributed by atoms with E-state index in [1.807, 2.05) is 38.3 Å². The van der Waals surface area contributed by atoms with E-state index < -0.39 is 0 Å². The van der Waals surface area contributed by atoms with Gasteiger partial charge in [0.05, 0.1) is 5.71 Å². The van der Waals surface area contributed by atoms with Crippen LogP contribution in [-0.4, -0.2) is 16.9 Å². The first-order chi connectivity index (χ1) is 7.09. The van der Waals surface area contributed by atoms with E-state index in [1.54, 1.807) is 11.3 Å². The van der Waals surface area contributed by atoms with Gasteiger partial charge in [0.2, 0.25) is 0 Å². The van der Waals surface area contributed by atoms with Crippen molar-refractivity contribution in [3.8, 4) is 0 Å². The summed E-state index contributed by atoms with van der Waals surface area (Å²) in [6.07, 6.45) is 0. The van der Waals surface area contributed by atoms with Crippen LogP contribution in [0.2, 0.25) is 0 Å². The highest BCUT2D eigenvalue weighted by Gasteiger charge is 1.99. The Bertz CT molecular complexity index is 342. The predicted octanol–water partition coefficient (Wildman–Crippen LogP) is 2.34. The second kappa shape index (κ2) is 5.82. The van der Waals surface area contributed by atoms with Gasteiger partial charge >= 0.3 is 0 Å². The Balaban J connectivity index is 2.48. The number of hydrazone groups is 1. The van der Waals surface area contributed by atoms with Gasteiger partial charge in [-0.05, 0) is 44.4 Å². The molecule has 0 aliphatic carbocycles. The van der Waals surface area contributed by atoms with Crippen molar-refractivity contribution >= 4 is 34.4 Å². The zero-order valence-corrected chi connectivity index (χ0v) is 10.7. The Morgan fingerprint density at radius 1 is 1.53 bits per heavy atom. The van der Waals surface area contributed by atoms with Crippen LogP contribution in [0.25, 0.3) is 0 Å². The summed E-state index contributed by atoms with van der Waals surface area (Å²) in [6.45, 7) is 6.02. The fourth-order valence-corrected chi connectivity index (χ4v) is 1.93. The van der Waals surface area contributed by atoms with E-state index >= 15 is 0 Å².